The normalized spacial score (nSPS) is 14.8. The summed E-state index contributed by atoms with van der Waals surface area (Å²) < 4.78 is 7.42. The van der Waals surface area contributed by atoms with Crippen molar-refractivity contribution < 1.29 is 9.53 Å². The van der Waals surface area contributed by atoms with Gasteiger partial charge in [-0.1, -0.05) is 0 Å². The van der Waals surface area contributed by atoms with Gasteiger partial charge in [-0.05, 0) is 39.3 Å². The van der Waals surface area contributed by atoms with E-state index < -0.39 is 5.91 Å². The number of hydrogen-bond donors (Lipinski definition) is 1. The highest BCUT2D eigenvalue weighted by molar-refractivity contribution is 5.92. The fourth-order valence-corrected chi connectivity index (χ4v) is 1.84. The third-order valence-corrected chi connectivity index (χ3v) is 2.90. The maximum Gasteiger partial charge on any atom is 0.265 e. The molecule has 0 aromatic carbocycles. The second kappa shape index (κ2) is 5.16. The number of ether oxygens (including phenoxy) is 1. The number of aromatic nitrogens is 1. The Labute approximate surface area is 96.4 Å². The van der Waals surface area contributed by atoms with Crippen molar-refractivity contribution in [2.45, 2.75) is 39.8 Å². The van der Waals surface area contributed by atoms with E-state index in [-0.39, 0.29) is 12.1 Å². The first kappa shape index (κ1) is 12.8. The molecule has 2 N–H and O–H groups in total. The van der Waals surface area contributed by atoms with E-state index in [1.165, 1.54) is 0 Å². The van der Waals surface area contributed by atoms with Crippen LogP contribution < -0.4 is 5.73 Å². The van der Waals surface area contributed by atoms with Crippen LogP contribution in [0.5, 0.6) is 0 Å². The molecule has 0 radical (unpaired) electrons. The van der Waals surface area contributed by atoms with E-state index in [1.54, 1.807) is 0 Å². The van der Waals surface area contributed by atoms with Crippen LogP contribution in [-0.2, 0) is 4.74 Å². The van der Waals surface area contributed by atoms with E-state index >= 15 is 0 Å². The molecule has 0 aliphatic carbocycles. The van der Waals surface area contributed by atoms with Gasteiger partial charge in [0.1, 0.15) is 5.69 Å². The predicted octanol–water partition coefficient (Wildman–Crippen LogP) is 1.88. The lowest BCUT2D eigenvalue weighted by Gasteiger charge is -2.23. The molecule has 0 saturated heterocycles. The Kier molecular flexibility index (Phi) is 4.12. The number of hydrogen-bond acceptors (Lipinski definition) is 2. The summed E-state index contributed by atoms with van der Waals surface area (Å²) in [4.78, 5) is 11.3. The average Bonchev–Trinajstić information content (AvgIpc) is 2.59. The van der Waals surface area contributed by atoms with Crippen molar-refractivity contribution in [2.24, 2.45) is 5.73 Å². The standard InChI is InChI=1S/C12H20N2O2/c1-5-16-10(4)9(3)14-7-6-8(2)11(14)12(13)15/h6-7,9-10H,5H2,1-4H3,(H2,13,15). The second-order valence-corrected chi connectivity index (χ2v) is 4.02. The third kappa shape index (κ3) is 2.44. The van der Waals surface area contributed by atoms with E-state index in [2.05, 4.69) is 0 Å². The quantitative estimate of drug-likeness (QED) is 0.830. The highest BCUT2D eigenvalue weighted by atomic mass is 16.5. The van der Waals surface area contributed by atoms with Crippen LogP contribution in [0.4, 0.5) is 0 Å². The second-order valence-electron chi connectivity index (χ2n) is 4.02. The Morgan fingerprint density at radius 3 is 2.69 bits per heavy atom. The number of aryl methyl sites for hydroxylation is 1. The fourth-order valence-electron chi connectivity index (χ4n) is 1.84. The molecular formula is C12H20N2O2. The lowest BCUT2D eigenvalue weighted by molar-refractivity contribution is 0.0419. The minimum atomic E-state index is -0.391. The first-order chi connectivity index (χ1) is 7.49. The Morgan fingerprint density at radius 2 is 2.19 bits per heavy atom. The number of rotatable bonds is 5. The SMILES string of the molecule is CCOC(C)C(C)n1ccc(C)c1C(N)=O. The molecule has 2 atom stereocenters. The van der Waals surface area contributed by atoms with Crippen LogP contribution in [0.3, 0.4) is 0 Å². The summed E-state index contributed by atoms with van der Waals surface area (Å²) in [5.41, 5.74) is 6.85. The van der Waals surface area contributed by atoms with Gasteiger partial charge in [-0.2, -0.15) is 0 Å². The molecule has 1 aromatic heterocycles. The van der Waals surface area contributed by atoms with Crippen molar-refractivity contribution in [3.8, 4) is 0 Å². The Hall–Kier alpha value is -1.29. The van der Waals surface area contributed by atoms with Crippen LogP contribution in [0.15, 0.2) is 12.3 Å². The van der Waals surface area contributed by atoms with Crippen LogP contribution in [0.1, 0.15) is 42.9 Å². The van der Waals surface area contributed by atoms with Crippen LogP contribution in [-0.4, -0.2) is 23.2 Å². The minimum absolute atomic E-state index is 0.0508. The topological polar surface area (TPSA) is 57.2 Å². The van der Waals surface area contributed by atoms with Crippen molar-refractivity contribution in [2.75, 3.05) is 6.61 Å². The monoisotopic (exact) mass is 224 g/mol. The van der Waals surface area contributed by atoms with Gasteiger partial charge in [-0.25, -0.2) is 0 Å². The van der Waals surface area contributed by atoms with Gasteiger partial charge in [0, 0.05) is 12.8 Å². The van der Waals surface area contributed by atoms with Crippen LogP contribution in [0, 0.1) is 6.92 Å². The Morgan fingerprint density at radius 1 is 1.56 bits per heavy atom. The third-order valence-electron chi connectivity index (χ3n) is 2.90. The molecule has 4 heteroatoms. The molecule has 16 heavy (non-hydrogen) atoms. The summed E-state index contributed by atoms with van der Waals surface area (Å²) in [5, 5.41) is 0. The average molecular weight is 224 g/mol. The van der Waals surface area contributed by atoms with Crippen LogP contribution >= 0.6 is 0 Å². The number of nitrogens with zero attached hydrogens (tertiary/aromatic N) is 1. The summed E-state index contributed by atoms with van der Waals surface area (Å²) >= 11 is 0. The number of primary amides is 1. The molecule has 1 amide bonds. The summed E-state index contributed by atoms with van der Waals surface area (Å²) in [6, 6.07) is 1.99. The molecular weight excluding hydrogens is 204 g/mol. The van der Waals surface area contributed by atoms with E-state index in [4.69, 9.17) is 10.5 Å². The molecule has 2 unspecified atom stereocenters. The number of carbonyl (C=O) groups is 1. The van der Waals surface area contributed by atoms with Crippen LogP contribution in [0.2, 0.25) is 0 Å². The summed E-state index contributed by atoms with van der Waals surface area (Å²) in [7, 11) is 0. The van der Waals surface area contributed by atoms with E-state index in [9.17, 15) is 4.79 Å². The molecule has 1 aromatic rings. The predicted molar refractivity (Wildman–Crippen MR) is 63.5 cm³/mol. The first-order valence-corrected chi connectivity index (χ1v) is 5.57. The van der Waals surface area contributed by atoms with E-state index in [1.807, 2.05) is 44.5 Å². The van der Waals surface area contributed by atoms with Gasteiger partial charge < -0.3 is 15.0 Å². The van der Waals surface area contributed by atoms with Crippen LogP contribution in [0.25, 0.3) is 0 Å². The molecule has 0 aliphatic rings. The van der Waals surface area contributed by atoms with Crippen molar-refractivity contribution in [1.82, 2.24) is 4.57 Å². The number of nitrogens with two attached hydrogens (primary N) is 1. The van der Waals surface area contributed by atoms with Gasteiger partial charge in [0.2, 0.25) is 0 Å². The van der Waals surface area contributed by atoms with Gasteiger partial charge >= 0.3 is 0 Å². The zero-order valence-electron chi connectivity index (χ0n) is 10.4. The minimum Gasteiger partial charge on any atom is -0.377 e. The smallest absolute Gasteiger partial charge is 0.265 e. The van der Waals surface area contributed by atoms with Crippen molar-refractivity contribution in [3.05, 3.63) is 23.5 Å². The summed E-state index contributed by atoms with van der Waals surface area (Å²) in [6.45, 7) is 8.52. The zero-order valence-corrected chi connectivity index (χ0v) is 10.4. The molecule has 1 heterocycles. The largest absolute Gasteiger partial charge is 0.377 e. The summed E-state index contributed by atoms with van der Waals surface area (Å²) in [6.07, 6.45) is 1.94. The molecule has 0 spiro atoms. The van der Waals surface area contributed by atoms with Gasteiger partial charge in [0.15, 0.2) is 0 Å². The van der Waals surface area contributed by atoms with Crippen molar-refractivity contribution in [3.63, 3.8) is 0 Å². The molecule has 0 bridgehead atoms. The Bertz CT molecular complexity index is 371. The van der Waals surface area contributed by atoms with E-state index in [0.29, 0.717) is 12.3 Å². The van der Waals surface area contributed by atoms with Crippen molar-refractivity contribution >= 4 is 5.91 Å². The highest BCUT2D eigenvalue weighted by Gasteiger charge is 2.20. The number of carbonyl (C=O) groups excluding carboxylic acids is 1. The maximum absolute atomic E-state index is 11.3. The Balaban J connectivity index is 2.99. The molecule has 4 nitrogen and oxygen atoms in total. The van der Waals surface area contributed by atoms with Gasteiger partial charge in [-0.15, -0.1) is 0 Å². The molecule has 1 rings (SSSR count). The zero-order chi connectivity index (χ0) is 12.3. The molecule has 0 fully saturated rings. The van der Waals surface area contributed by atoms with Crippen molar-refractivity contribution in [1.29, 1.82) is 0 Å². The summed E-state index contributed by atoms with van der Waals surface area (Å²) in [5.74, 6) is -0.391. The first-order valence-electron chi connectivity index (χ1n) is 5.57. The number of amides is 1. The van der Waals surface area contributed by atoms with Gasteiger partial charge in [0.05, 0.1) is 12.1 Å². The molecule has 90 valence electrons. The lowest BCUT2D eigenvalue weighted by Crippen LogP contribution is -2.26. The maximum atomic E-state index is 11.3. The lowest BCUT2D eigenvalue weighted by atomic mass is 10.2. The molecule has 0 aliphatic heterocycles. The molecule has 0 saturated carbocycles. The highest BCUT2D eigenvalue weighted by Crippen LogP contribution is 2.20. The fraction of sp³-hybridized carbons (Fsp3) is 0.583. The van der Waals surface area contributed by atoms with E-state index in [0.717, 1.165) is 5.56 Å². The van der Waals surface area contributed by atoms with Gasteiger partial charge in [0.25, 0.3) is 5.91 Å². The van der Waals surface area contributed by atoms with Gasteiger partial charge in [-0.3, -0.25) is 4.79 Å².